The van der Waals surface area contributed by atoms with E-state index in [1.807, 2.05) is 48.5 Å². The quantitative estimate of drug-likeness (QED) is 0.240. The lowest BCUT2D eigenvalue weighted by Gasteiger charge is -2.08. The van der Waals surface area contributed by atoms with Crippen LogP contribution in [0.4, 0.5) is 0 Å². The fraction of sp³-hybridized carbons (Fsp3) is 0. The fourth-order valence-corrected chi connectivity index (χ4v) is 3.32. The molecule has 0 aromatic heterocycles. The van der Waals surface area contributed by atoms with Gasteiger partial charge in [-0.25, -0.2) is 0 Å². The van der Waals surface area contributed by atoms with Gasteiger partial charge in [-0.3, -0.25) is 4.79 Å². The highest BCUT2D eigenvalue weighted by Gasteiger charge is 2.10. The molecule has 0 bridgehead atoms. The number of carbonyl (C=O) groups is 1. The van der Waals surface area contributed by atoms with Crippen molar-refractivity contribution >= 4 is 37.6 Å². The van der Waals surface area contributed by atoms with E-state index in [-0.39, 0.29) is 5.78 Å². The van der Waals surface area contributed by atoms with Gasteiger partial charge in [0, 0.05) is 20.1 Å². The Morgan fingerprint density at radius 3 is 1.03 bits per heavy atom. The van der Waals surface area contributed by atoms with Crippen molar-refractivity contribution in [2.45, 2.75) is 0 Å². The van der Waals surface area contributed by atoms with Gasteiger partial charge in [-0.1, -0.05) is 31.9 Å². The fourth-order valence-electron chi connectivity index (χ4n) is 2.79. The number of ether oxygens (including phenoxy) is 2. The summed E-state index contributed by atoms with van der Waals surface area (Å²) >= 11 is 6.80. The van der Waals surface area contributed by atoms with Gasteiger partial charge in [0.2, 0.25) is 0 Å². The van der Waals surface area contributed by atoms with Gasteiger partial charge in [0.15, 0.2) is 5.78 Å². The molecular weight excluding hydrogens is 508 g/mol. The third-order valence-corrected chi connectivity index (χ3v) is 5.39. The van der Waals surface area contributed by atoms with E-state index in [9.17, 15) is 4.79 Å². The van der Waals surface area contributed by atoms with Crippen LogP contribution in [0.25, 0.3) is 0 Å². The van der Waals surface area contributed by atoms with E-state index in [0.29, 0.717) is 22.6 Å². The molecule has 0 N–H and O–H groups in total. The van der Waals surface area contributed by atoms with Crippen LogP contribution in [0.15, 0.2) is 106 Å². The van der Waals surface area contributed by atoms with Crippen molar-refractivity contribution in [3.8, 4) is 23.0 Å². The largest absolute Gasteiger partial charge is 0.457 e. The molecule has 0 saturated carbocycles. The smallest absolute Gasteiger partial charge is 0.193 e. The second-order valence-corrected chi connectivity index (χ2v) is 8.32. The predicted octanol–water partition coefficient (Wildman–Crippen LogP) is 8.03. The first-order chi connectivity index (χ1) is 14.6. The number of carbonyl (C=O) groups excluding carboxylic acids is 1. The van der Waals surface area contributed by atoms with E-state index in [0.717, 1.165) is 20.4 Å². The molecule has 0 radical (unpaired) electrons. The zero-order valence-electron chi connectivity index (χ0n) is 15.7. The van der Waals surface area contributed by atoms with Crippen molar-refractivity contribution in [3.05, 3.63) is 117 Å². The predicted molar refractivity (Wildman–Crippen MR) is 125 cm³/mol. The lowest BCUT2D eigenvalue weighted by Crippen LogP contribution is -2.01. The van der Waals surface area contributed by atoms with Gasteiger partial charge in [0.25, 0.3) is 0 Å². The Balaban J connectivity index is 1.42. The average Bonchev–Trinajstić information content (AvgIpc) is 2.77. The van der Waals surface area contributed by atoms with E-state index in [2.05, 4.69) is 31.9 Å². The van der Waals surface area contributed by atoms with Gasteiger partial charge in [-0.15, -0.1) is 0 Å². The Bertz CT molecular complexity index is 1040. The third kappa shape index (κ3) is 5.17. The van der Waals surface area contributed by atoms with Crippen molar-refractivity contribution in [2.75, 3.05) is 0 Å². The monoisotopic (exact) mass is 522 g/mol. The molecule has 0 aliphatic rings. The molecule has 0 aliphatic heterocycles. The zero-order chi connectivity index (χ0) is 20.9. The number of rotatable bonds is 6. The minimum absolute atomic E-state index is 0.0552. The van der Waals surface area contributed by atoms with Crippen LogP contribution in [0.3, 0.4) is 0 Å². The van der Waals surface area contributed by atoms with Crippen molar-refractivity contribution in [2.24, 2.45) is 0 Å². The molecule has 0 aliphatic carbocycles. The van der Waals surface area contributed by atoms with Crippen molar-refractivity contribution in [1.29, 1.82) is 0 Å². The van der Waals surface area contributed by atoms with Crippen molar-refractivity contribution in [3.63, 3.8) is 0 Å². The molecule has 3 nitrogen and oxygen atoms in total. The van der Waals surface area contributed by atoms with Crippen LogP contribution in [0.2, 0.25) is 0 Å². The van der Waals surface area contributed by atoms with Gasteiger partial charge < -0.3 is 9.47 Å². The summed E-state index contributed by atoms with van der Waals surface area (Å²) in [5.41, 5.74) is 1.19. The molecule has 0 saturated heterocycles. The van der Waals surface area contributed by atoms with Gasteiger partial charge in [0.05, 0.1) is 0 Å². The summed E-state index contributed by atoms with van der Waals surface area (Å²) in [6.07, 6.45) is 0. The molecule has 0 atom stereocenters. The topological polar surface area (TPSA) is 35.5 Å². The van der Waals surface area contributed by atoms with E-state index < -0.39 is 0 Å². The summed E-state index contributed by atoms with van der Waals surface area (Å²) < 4.78 is 13.6. The molecule has 4 aromatic rings. The van der Waals surface area contributed by atoms with Crippen LogP contribution >= 0.6 is 31.9 Å². The second-order valence-electron chi connectivity index (χ2n) is 6.49. The molecule has 148 valence electrons. The minimum Gasteiger partial charge on any atom is -0.457 e. The maximum atomic E-state index is 12.8. The molecule has 4 aromatic carbocycles. The van der Waals surface area contributed by atoms with E-state index >= 15 is 0 Å². The maximum absolute atomic E-state index is 12.8. The molecule has 30 heavy (non-hydrogen) atoms. The Labute approximate surface area is 191 Å². The molecular formula is C25H16Br2O3. The molecule has 4 rings (SSSR count). The number of hydrogen-bond donors (Lipinski definition) is 0. The van der Waals surface area contributed by atoms with E-state index in [1.54, 1.807) is 48.5 Å². The van der Waals surface area contributed by atoms with Crippen LogP contribution in [-0.4, -0.2) is 5.78 Å². The van der Waals surface area contributed by atoms with Crippen LogP contribution in [-0.2, 0) is 0 Å². The van der Waals surface area contributed by atoms with Crippen LogP contribution in [0, 0.1) is 0 Å². The van der Waals surface area contributed by atoms with Gasteiger partial charge in [-0.05, 0) is 97.1 Å². The highest BCUT2D eigenvalue weighted by molar-refractivity contribution is 9.10. The first-order valence-electron chi connectivity index (χ1n) is 9.18. The lowest BCUT2D eigenvalue weighted by molar-refractivity contribution is 0.103. The lowest BCUT2D eigenvalue weighted by atomic mass is 10.0. The first kappa shape index (κ1) is 20.4. The zero-order valence-corrected chi connectivity index (χ0v) is 18.9. The average molecular weight is 524 g/mol. The third-order valence-electron chi connectivity index (χ3n) is 4.33. The van der Waals surface area contributed by atoms with Crippen molar-refractivity contribution in [1.82, 2.24) is 0 Å². The van der Waals surface area contributed by atoms with Crippen LogP contribution in [0.5, 0.6) is 23.0 Å². The molecule has 0 heterocycles. The number of hydrogen-bond acceptors (Lipinski definition) is 3. The normalized spacial score (nSPS) is 10.5. The summed E-state index contributed by atoms with van der Waals surface area (Å²) in [6, 6.07) is 29.4. The number of benzene rings is 4. The second kappa shape index (κ2) is 9.28. The Kier molecular flexibility index (Phi) is 6.31. The number of ketones is 1. The summed E-state index contributed by atoms with van der Waals surface area (Å²) in [4.78, 5) is 12.8. The summed E-state index contributed by atoms with van der Waals surface area (Å²) in [7, 11) is 0. The molecule has 0 spiro atoms. The summed E-state index contributed by atoms with van der Waals surface area (Å²) in [5.74, 6) is 2.76. The summed E-state index contributed by atoms with van der Waals surface area (Å²) in [5, 5.41) is 0. The SMILES string of the molecule is O=C(c1ccc(Oc2ccc(Br)cc2)cc1)c1ccc(Oc2ccc(Br)cc2)cc1. The van der Waals surface area contributed by atoms with Gasteiger partial charge in [0.1, 0.15) is 23.0 Å². The molecule has 0 fully saturated rings. The molecule has 5 heteroatoms. The van der Waals surface area contributed by atoms with E-state index in [1.165, 1.54) is 0 Å². The standard InChI is InChI=1S/C25H16Br2O3/c26-19-5-13-23(14-6-19)29-21-9-1-17(2-10-21)25(28)18-3-11-22(12-4-18)30-24-15-7-20(27)8-16-24/h1-16H. The van der Waals surface area contributed by atoms with E-state index in [4.69, 9.17) is 9.47 Å². The maximum Gasteiger partial charge on any atom is 0.193 e. The van der Waals surface area contributed by atoms with Gasteiger partial charge >= 0.3 is 0 Å². The highest BCUT2D eigenvalue weighted by atomic mass is 79.9. The van der Waals surface area contributed by atoms with Crippen LogP contribution in [0.1, 0.15) is 15.9 Å². The number of halogens is 2. The first-order valence-corrected chi connectivity index (χ1v) is 10.8. The van der Waals surface area contributed by atoms with Crippen LogP contribution < -0.4 is 9.47 Å². The summed E-state index contributed by atoms with van der Waals surface area (Å²) in [6.45, 7) is 0. The molecule has 0 amide bonds. The Morgan fingerprint density at radius 1 is 0.467 bits per heavy atom. The highest BCUT2D eigenvalue weighted by Crippen LogP contribution is 2.26. The van der Waals surface area contributed by atoms with Crippen molar-refractivity contribution < 1.29 is 14.3 Å². The van der Waals surface area contributed by atoms with Gasteiger partial charge in [-0.2, -0.15) is 0 Å². The minimum atomic E-state index is -0.0552. The molecule has 0 unspecified atom stereocenters. The Hall–Kier alpha value is -2.89. The Morgan fingerprint density at radius 2 is 0.733 bits per heavy atom.